The highest BCUT2D eigenvalue weighted by molar-refractivity contribution is 7.99. The molecule has 0 radical (unpaired) electrons. The van der Waals surface area contributed by atoms with E-state index < -0.39 is 18.3 Å². The van der Waals surface area contributed by atoms with Gasteiger partial charge in [0.05, 0.1) is 23.4 Å². The SMILES string of the molecule is CCN(CC)C(=O)CSc1nc2c(c(=O)n1-c1ccc(OCC(F)(F)F)cc1)CC(=O)N2C. The highest BCUT2D eigenvalue weighted by Crippen LogP contribution is 2.29. The Morgan fingerprint density at radius 2 is 1.82 bits per heavy atom. The van der Waals surface area contributed by atoms with Gasteiger partial charge in [0.25, 0.3) is 5.56 Å². The first kappa shape index (κ1) is 24.6. The largest absolute Gasteiger partial charge is 0.484 e. The first-order valence-corrected chi connectivity index (χ1v) is 11.2. The van der Waals surface area contributed by atoms with Crippen molar-refractivity contribution in [3.63, 3.8) is 0 Å². The fraction of sp³-hybridized carbons (Fsp3) is 0.429. The quantitative estimate of drug-likeness (QED) is 0.423. The summed E-state index contributed by atoms with van der Waals surface area (Å²) in [4.78, 5) is 45.3. The lowest BCUT2D eigenvalue weighted by Gasteiger charge is -2.19. The summed E-state index contributed by atoms with van der Waals surface area (Å²) >= 11 is 1.05. The van der Waals surface area contributed by atoms with Crippen LogP contribution in [0.25, 0.3) is 5.69 Å². The highest BCUT2D eigenvalue weighted by atomic mass is 32.2. The number of likely N-dealkylation sites (N-methyl/N-ethyl adjacent to an activating group) is 1. The molecule has 178 valence electrons. The molecule has 3 rings (SSSR count). The van der Waals surface area contributed by atoms with Crippen LogP contribution >= 0.6 is 11.8 Å². The first-order valence-electron chi connectivity index (χ1n) is 10.2. The second kappa shape index (κ2) is 9.86. The van der Waals surface area contributed by atoms with E-state index in [0.29, 0.717) is 18.8 Å². The summed E-state index contributed by atoms with van der Waals surface area (Å²) in [5, 5.41) is 0.199. The van der Waals surface area contributed by atoms with Crippen LogP contribution in [0.5, 0.6) is 5.75 Å². The van der Waals surface area contributed by atoms with E-state index in [1.807, 2.05) is 13.8 Å². The predicted molar refractivity (Wildman–Crippen MR) is 117 cm³/mol. The number of nitrogens with zero attached hydrogens (tertiary/aromatic N) is 4. The molecule has 0 aliphatic carbocycles. The van der Waals surface area contributed by atoms with E-state index >= 15 is 0 Å². The number of anilines is 1. The maximum Gasteiger partial charge on any atom is 0.422 e. The number of carbonyl (C=O) groups excluding carboxylic acids is 2. The molecule has 0 spiro atoms. The van der Waals surface area contributed by atoms with Crippen molar-refractivity contribution in [3.8, 4) is 11.4 Å². The van der Waals surface area contributed by atoms with Gasteiger partial charge < -0.3 is 9.64 Å². The predicted octanol–water partition coefficient (Wildman–Crippen LogP) is 2.65. The van der Waals surface area contributed by atoms with Crippen LogP contribution < -0.4 is 15.2 Å². The van der Waals surface area contributed by atoms with Crippen LogP contribution in [0, 0.1) is 0 Å². The molecule has 2 heterocycles. The highest BCUT2D eigenvalue weighted by Gasteiger charge is 2.31. The summed E-state index contributed by atoms with van der Waals surface area (Å²) in [6.07, 6.45) is -4.58. The van der Waals surface area contributed by atoms with Crippen LogP contribution in [0.3, 0.4) is 0 Å². The minimum Gasteiger partial charge on any atom is -0.484 e. The Kier molecular flexibility index (Phi) is 7.35. The lowest BCUT2D eigenvalue weighted by Crippen LogP contribution is -2.32. The maximum atomic E-state index is 13.3. The molecule has 2 amide bonds. The lowest BCUT2D eigenvalue weighted by atomic mass is 10.2. The number of rotatable bonds is 8. The molecule has 0 unspecified atom stereocenters. The number of alkyl halides is 3. The van der Waals surface area contributed by atoms with Crippen LogP contribution in [-0.4, -0.2) is 64.9 Å². The third-order valence-electron chi connectivity index (χ3n) is 5.08. The van der Waals surface area contributed by atoms with Crippen molar-refractivity contribution in [1.82, 2.24) is 14.5 Å². The Morgan fingerprint density at radius 3 is 2.39 bits per heavy atom. The van der Waals surface area contributed by atoms with Gasteiger partial charge in [-0.25, -0.2) is 4.98 Å². The van der Waals surface area contributed by atoms with Gasteiger partial charge >= 0.3 is 6.18 Å². The van der Waals surface area contributed by atoms with Crippen LogP contribution in [-0.2, 0) is 16.0 Å². The van der Waals surface area contributed by atoms with E-state index in [0.717, 1.165) is 11.8 Å². The van der Waals surface area contributed by atoms with E-state index in [1.54, 1.807) is 4.90 Å². The molecule has 1 aliphatic rings. The Hall–Kier alpha value is -3.02. The number of thioether (sulfide) groups is 1. The zero-order valence-electron chi connectivity index (χ0n) is 18.3. The van der Waals surface area contributed by atoms with Crippen molar-refractivity contribution < 1.29 is 27.5 Å². The number of ether oxygens (including phenoxy) is 1. The van der Waals surface area contributed by atoms with Crippen molar-refractivity contribution in [1.29, 1.82) is 0 Å². The number of fused-ring (bicyclic) bond motifs is 1. The van der Waals surface area contributed by atoms with Crippen molar-refractivity contribution in [2.45, 2.75) is 31.6 Å². The number of halogens is 3. The lowest BCUT2D eigenvalue weighted by molar-refractivity contribution is -0.153. The molecule has 0 atom stereocenters. The molecule has 0 N–H and O–H groups in total. The van der Waals surface area contributed by atoms with Crippen molar-refractivity contribution in [2.24, 2.45) is 0 Å². The number of carbonyl (C=O) groups is 2. The Bertz CT molecular complexity index is 1100. The summed E-state index contributed by atoms with van der Waals surface area (Å²) < 4.78 is 43.2. The maximum absolute atomic E-state index is 13.3. The van der Waals surface area contributed by atoms with Gasteiger partial charge in [0.15, 0.2) is 11.8 Å². The summed E-state index contributed by atoms with van der Waals surface area (Å²) in [6, 6.07) is 5.48. The second-order valence-electron chi connectivity index (χ2n) is 7.22. The Morgan fingerprint density at radius 1 is 1.18 bits per heavy atom. The summed E-state index contributed by atoms with van der Waals surface area (Å²) in [7, 11) is 1.52. The van der Waals surface area contributed by atoms with Crippen LogP contribution in [0.2, 0.25) is 0 Å². The van der Waals surface area contributed by atoms with Crippen molar-refractivity contribution in [3.05, 3.63) is 40.2 Å². The van der Waals surface area contributed by atoms with E-state index in [-0.39, 0.29) is 46.3 Å². The average molecular weight is 485 g/mol. The third-order valence-corrected chi connectivity index (χ3v) is 6.01. The molecule has 12 heteroatoms. The zero-order valence-corrected chi connectivity index (χ0v) is 19.1. The van der Waals surface area contributed by atoms with Crippen molar-refractivity contribution in [2.75, 3.05) is 37.4 Å². The second-order valence-corrected chi connectivity index (χ2v) is 8.16. The molecule has 1 aromatic heterocycles. The molecule has 0 saturated carbocycles. The fourth-order valence-electron chi connectivity index (χ4n) is 3.32. The average Bonchev–Trinajstić information content (AvgIpc) is 3.06. The Labute approximate surface area is 192 Å². The molecule has 2 aromatic rings. The van der Waals surface area contributed by atoms with Crippen molar-refractivity contribution >= 4 is 29.4 Å². The number of aromatic nitrogens is 2. The van der Waals surface area contributed by atoms with E-state index in [9.17, 15) is 27.6 Å². The molecule has 1 aromatic carbocycles. The number of benzene rings is 1. The number of amides is 2. The van der Waals surface area contributed by atoms with Gasteiger partial charge in [-0.05, 0) is 38.1 Å². The summed E-state index contributed by atoms with van der Waals surface area (Å²) in [5.74, 6) is -0.162. The van der Waals surface area contributed by atoms with E-state index in [2.05, 4.69) is 4.98 Å². The molecule has 8 nitrogen and oxygen atoms in total. The minimum absolute atomic E-state index is 0.0148. The molecular formula is C21H23F3N4O4S. The standard InChI is InChI=1S/C21H23F3N4O4S/c1-4-27(5-2)17(30)11-33-20-25-18-15(10-16(29)26(18)3)19(31)28(20)13-6-8-14(9-7-13)32-12-21(22,23)24/h6-9H,4-5,10-12H2,1-3H3. The molecule has 0 fully saturated rings. The third kappa shape index (κ3) is 5.49. The van der Waals surface area contributed by atoms with Gasteiger partial charge in [0.1, 0.15) is 11.6 Å². The molecular weight excluding hydrogens is 461 g/mol. The molecule has 0 bridgehead atoms. The van der Waals surface area contributed by atoms with Gasteiger partial charge in [0, 0.05) is 20.1 Å². The topological polar surface area (TPSA) is 84.7 Å². The summed E-state index contributed by atoms with van der Waals surface area (Å²) in [6.45, 7) is 3.36. The van der Waals surface area contributed by atoms with Crippen LogP contribution in [0.1, 0.15) is 19.4 Å². The van der Waals surface area contributed by atoms with Gasteiger partial charge in [-0.1, -0.05) is 11.8 Å². The molecule has 1 aliphatic heterocycles. The summed E-state index contributed by atoms with van der Waals surface area (Å²) in [5.41, 5.74) is 0.0771. The zero-order chi connectivity index (χ0) is 24.3. The first-order chi connectivity index (χ1) is 15.6. The smallest absolute Gasteiger partial charge is 0.422 e. The van der Waals surface area contributed by atoms with E-state index in [4.69, 9.17) is 4.74 Å². The number of hydrogen-bond acceptors (Lipinski definition) is 6. The van der Waals surface area contributed by atoms with Gasteiger partial charge in [-0.3, -0.25) is 23.9 Å². The van der Waals surface area contributed by atoms with Gasteiger partial charge in [0.2, 0.25) is 11.8 Å². The minimum atomic E-state index is -4.47. The van der Waals surface area contributed by atoms with E-state index in [1.165, 1.54) is 40.8 Å². The van der Waals surface area contributed by atoms with Gasteiger partial charge in [-0.2, -0.15) is 13.2 Å². The Balaban J connectivity index is 1.97. The number of hydrogen-bond donors (Lipinski definition) is 0. The van der Waals surface area contributed by atoms with Crippen LogP contribution in [0.15, 0.2) is 34.2 Å². The fourth-order valence-corrected chi connectivity index (χ4v) is 4.22. The monoisotopic (exact) mass is 484 g/mol. The van der Waals surface area contributed by atoms with Crippen LogP contribution in [0.4, 0.5) is 19.0 Å². The normalized spacial score (nSPS) is 13.3. The molecule has 33 heavy (non-hydrogen) atoms. The molecule has 0 saturated heterocycles. The van der Waals surface area contributed by atoms with Gasteiger partial charge in [-0.15, -0.1) is 0 Å².